The molecule has 142 valence electrons. The van der Waals surface area contributed by atoms with Crippen molar-refractivity contribution in [1.82, 2.24) is 9.47 Å². The quantitative estimate of drug-likeness (QED) is 0.815. The van der Waals surface area contributed by atoms with E-state index in [-0.39, 0.29) is 16.9 Å². The summed E-state index contributed by atoms with van der Waals surface area (Å²) in [6.07, 6.45) is 1.53. The van der Waals surface area contributed by atoms with Crippen molar-refractivity contribution in [1.29, 1.82) is 5.26 Å². The molecule has 0 unspecified atom stereocenters. The van der Waals surface area contributed by atoms with Crippen molar-refractivity contribution < 1.29 is 14.3 Å². The molecule has 2 heterocycles. The molecule has 3 rings (SSSR count). The summed E-state index contributed by atoms with van der Waals surface area (Å²) >= 11 is 0. The number of nitrogen functional groups attached to an aromatic ring is 1. The van der Waals surface area contributed by atoms with Crippen LogP contribution in [0.4, 0.5) is 11.4 Å². The first-order valence-corrected chi connectivity index (χ1v) is 8.61. The second-order valence-corrected chi connectivity index (χ2v) is 6.42. The van der Waals surface area contributed by atoms with E-state index in [2.05, 4.69) is 16.8 Å². The van der Waals surface area contributed by atoms with Crippen molar-refractivity contribution in [3.8, 4) is 17.5 Å². The molecule has 1 saturated heterocycles. The second-order valence-electron chi connectivity index (χ2n) is 6.42. The number of anilines is 2. The van der Waals surface area contributed by atoms with Gasteiger partial charge in [0.2, 0.25) is 0 Å². The summed E-state index contributed by atoms with van der Waals surface area (Å²) in [6.45, 7) is 3.79. The lowest BCUT2D eigenvalue weighted by Crippen LogP contribution is -2.44. The molecule has 1 aliphatic heterocycles. The van der Waals surface area contributed by atoms with Crippen LogP contribution in [0.2, 0.25) is 0 Å². The highest BCUT2D eigenvalue weighted by atomic mass is 16.5. The Bertz CT molecular complexity index is 891. The monoisotopic (exact) mass is 369 g/mol. The van der Waals surface area contributed by atoms with E-state index in [9.17, 15) is 10.1 Å². The van der Waals surface area contributed by atoms with Gasteiger partial charge in [-0.2, -0.15) is 5.26 Å². The fourth-order valence-electron chi connectivity index (χ4n) is 3.24. The van der Waals surface area contributed by atoms with Crippen LogP contribution in [0.5, 0.6) is 5.75 Å². The third-order valence-corrected chi connectivity index (χ3v) is 4.83. The van der Waals surface area contributed by atoms with E-state index in [1.807, 2.05) is 24.3 Å². The van der Waals surface area contributed by atoms with Crippen molar-refractivity contribution >= 4 is 17.3 Å². The first kappa shape index (κ1) is 18.6. The number of ether oxygens (including phenoxy) is 2. The Morgan fingerprint density at radius 3 is 2.52 bits per heavy atom. The number of nitrogens with zero attached hydrogens (tertiary/aromatic N) is 4. The van der Waals surface area contributed by atoms with Crippen LogP contribution in [0.15, 0.2) is 24.4 Å². The van der Waals surface area contributed by atoms with Crippen LogP contribution < -0.4 is 15.4 Å². The first-order chi connectivity index (χ1) is 13.0. The van der Waals surface area contributed by atoms with Gasteiger partial charge in [-0.1, -0.05) is 0 Å². The number of likely N-dealkylation sites (N-methyl/N-ethyl adjacent to an activating group) is 1. The van der Waals surface area contributed by atoms with Gasteiger partial charge in [-0.3, -0.25) is 0 Å². The van der Waals surface area contributed by atoms with Gasteiger partial charge in [-0.25, -0.2) is 4.79 Å². The maximum absolute atomic E-state index is 12.2. The highest BCUT2D eigenvalue weighted by molar-refractivity contribution is 5.96. The number of benzene rings is 1. The fraction of sp³-hybridized carbons (Fsp3) is 0.368. The first-order valence-electron chi connectivity index (χ1n) is 8.61. The molecule has 8 heteroatoms. The van der Waals surface area contributed by atoms with Crippen LogP contribution in [-0.4, -0.2) is 62.9 Å². The zero-order valence-electron chi connectivity index (χ0n) is 15.7. The zero-order chi connectivity index (χ0) is 19.6. The number of carbonyl (C=O) groups excluding carboxylic acids is 1. The highest BCUT2D eigenvalue weighted by Gasteiger charge is 2.23. The van der Waals surface area contributed by atoms with E-state index in [4.69, 9.17) is 15.2 Å². The summed E-state index contributed by atoms with van der Waals surface area (Å²) in [5.74, 6) is 0.0924. The minimum atomic E-state index is -0.601. The molecule has 27 heavy (non-hydrogen) atoms. The van der Waals surface area contributed by atoms with E-state index >= 15 is 0 Å². The van der Waals surface area contributed by atoms with Crippen molar-refractivity contribution in [3.63, 3.8) is 0 Å². The Labute approximate surface area is 158 Å². The van der Waals surface area contributed by atoms with Gasteiger partial charge in [0.1, 0.15) is 11.8 Å². The van der Waals surface area contributed by atoms with Crippen LogP contribution in [0.25, 0.3) is 5.69 Å². The number of hydrogen-bond donors (Lipinski definition) is 1. The van der Waals surface area contributed by atoms with Crippen molar-refractivity contribution in [2.75, 3.05) is 58.1 Å². The molecule has 0 radical (unpaired) electrons. The number of rotatable bonds is 4. The number of hydrogen-bond acceptors (Lipinski definition) is 7. The van der Waals surface area contributed by atoms with E-state index < -0.39 is 5.97 Å². The molecule has 0 saturated carbocycles. The number of methoxy groups -OCH3 is 2. The minimum absolute atomic E-state index is 0.103. The Morgan fingerprint density at radius 2 is 1.93 bits per heavy atom. The Balaban J connectivity index is 2.04. The van der Waals surface area contributed by atoms with E-state index in [0.717, 1.165) is 31.9 Å². The van der Waals surface area contributed by atoms with E-state index in [0.29, 0.717) is 11.4 Å². The summed E-state index contributed by atoms with van der Waals surface area (Å²) in [4.78, 5) is 16.7. The standard InChI is InChI=1S/C19H23N5O3/c1-22-6-8-23(9-7-22)15-5-4-14(10-16(15)26-2)24-12-13(11-20)17(21)18(24)19(25)27-3/h4-5,10,12H,6-9,21H2,1-3H3. The lowest BCUT2D eigenvalue weighted by atomic mass is 10.2. The Morgan fingerprint density at radius 1 is 1.22 bits per heavy atom. The summed E-state index contributed by atoms with van der Waals surface area (Å²) < 4.78 is 12.0. The number of carbonyl (C=O) groups is 1. The van der Waals surface area contributed by atoms with Gasteiger partial charge in [-0.15, -0.1) is 0 Å². The van der Waals surface area contributed by atoms with Gasteiger partial charge >= 0.3 is 5.97 Å². The van der Waals surface area contributed by atoms with Gasteiger partial charge < -0.3 is 29.6 Å². The minimum Gasteiger partial charge on any atom is -0.495 e. The van der Waals surface area contributed by atoms with Crippen molar-refractivity contribution in [2.24, 2.45) is 0 Å². The lowest BCUT2D eigenvalue weighted by Gasteiger charge is -2.34. The van der Waals surface area contributed by atoms with Crippen LogP contribution >= 0.6 is 0 Å². The smallest absolute Gasteiger partial charge is 0.357 e. The SMILES string of the molecule is COC(=O)c1c(N)c(C#N)cn1-c1ccc(N2CCN(C)CC2)c(OC)c1. The fourth-order valence-corrected chi connectivity index (χ4v) is 3.24. The van der Waals surface area contributed by atoms with Crippen LogP contribution in [0.3, 0.4) is 0 Å². The van der Waals surface area contributed by atoms with Crippen LogP contribution in [0.1, 0.15) is 16.1 Å². The molecule has 2 aromatic rings. The van der Waals surface area contributed by atoms with Gasteiger partial charge in [0, 0.05) is 44.1 Å². The Kier molecular flexibility index (Phi) is 5.23. The highest BCUT2D eigenvalue weighted by Crippen LogP contribution is 2.33. The summed E-state index contributed by atoms with van der Waals surface area (Å²) in [6, 6.07) is 7.68. The topological polar surface area (TPSA) is 96.7 Å². The molecule has 8 nitrogen and oxygen atoms in total. The Hall–Kier alpha value is -3.18. The third-order valence-electron chi connectivity index (χ3n) is 4.83. The molecular weight excluding hydrogens is 346 g/mol. The molecule has 1 fully saturated rings. The number of esters is 1. The predicted molar refractivity (Wildman–Crippen MR) is 102 cm³/mol. The molecule has 0 amide bonds. The largest absolute Gasteiger partial charge is 0.495 e. The van der Waals surface area contributed by atoms with Crippen molar-refractivity contribution in [2.45, 2.75) is 0 Å². The van der Waals surface area contributed by atoms with Gasteiger partial charge in [-0.05, 0) is 19.2 Å². The van der Waals surface area contributed by atoms with Crippen LogP contribution in [-0.2, 0) is 4.74 Å². The number of aromatic nitrogens is 1. The molecular formula is C19H23N5O3. The average Bonchev–Trinajstić information content (AvgIpc) is 3.04. The molecule has 2 N–H and O–H groups in total. The predicted octanol–water partition coefficient (Wildman–Crippen LogP) is 1.48. The molecule has 1 aliphatic rings. The third kappa shape index (κ3) is 3.41. The molecule has 0 aliphatic carbocycles. The summed E-state index contributed by atoms with van der Waals surface area (Å²) in [5.41, 5.74) is 8.08. The zero-order valence-corrected chi connectivity index (χ0v) is 15.7. The van der Waals surface area contributed by atoms with Crippen LogP contribution in [0, 0.1) is 11.3 Å². The number of nitrogens with two attached hydrogens (primary N) is 1. The second kappa shape index (κ2) is 7.60. The molecule has 0 atom stereocenters. The number of piperazine rings is 1. The molecule has 1 aromatic heterocycles. The maximum Gasteiger partial charge on any atom is 0.357 e. The lowest BCUT2D eigenvalue weighted by molar-refractivity contribution is 0.0593. The molecule has 0 spiro atoms. The van der Waals surface area contributed by atoms with Gasteiger partial charge in [0.05, 0.1) is 31.2 Å². The van der Waals surface area contributed by atoms with E-state index in [1.165, 1.54) is 13.3 Å². The van der Waals surface area contributed by atoms with Gasteiger partial charge in [0.15, 0.2) is 5.69 Å². The van der Waals surface area contributed by atoms with Crippen molar-refractivity contribution in [3.05, 3.63) is 35.7 Å². The normalized spacial score (nSPS) is 14.7. The molecule has 0 bridgehead atoms. The summed E-state index contributed by atoms with van der Waals surface area (Å²) in [5, 5.41) is 9.26. The van der Waals surface area contributed by atoms with Gasteiger partial charge in [0.25, 0.3) is 0 Å². The summed E-state index contributed by atoms with van der Waals surface area (Å²) in [7, 11) is 5.00. The maximum atomic E-state index is 12.2. The molecule has 1 aromatic carbocycles. The van der Waals surface area contributed by atoms with E-state index in [1.54, 1.807) is 11.7 Å². The average molecular weight is 369 g/mol. The number of nitriles is 1.